The van der Waals surface area contributed by atoms with Crippen LogP contribution in [0.15, 0.2) is 23.1 Å². The minimum absolute atomic E-state index is 0.00827. The van der Waals surface area contributed by atoms with Crippen LogP contribution in [-0.2, 0) is 20.4 Å². The van der Waals surface area contributed by atoms with Gasteiger partial charge in [-0.1, -0.05) is 0 Å². The van der Waals surface area contributed by atoms with E-state index in [0.717, 1.165) is 12.8 Å². The molecule has 1 amide bonds. The molecule has 0 radical (unpaired) electrons. The van der Waals surface area contributed by atoms with Crippen molar-refractivity contribution in [1.29, 1.82) is 0 Å². The fourth-order valence-electron chi connectivity index (χ4n) is 1.73. The van der Waals surface area contributed by atoms with Crippen LogP contribution in [0, 0.1) is 5.92 Å². The van der Waals surface area contributed by atoms with Gasteiger partial charge < -0.3 is 10.1 Å². The number of halogens is 1. The summed E-state index contributed by atoms with van der Waals surface area (Å²) in [5.74, 6) is 0.530. The van der Waals surface area contributed by atoms with Crippen LogP contribution in [0.4, 0.5) is 0 Å². The quantitative estimate of drug-likeness (QED) is 0.840. The molecule has 0 atom stereocenters. The minimum Gasteiger partial charge on any atom is -0.497 e. The van der Waals surface area contributed by atoms with Crippen molar-refractivity contribution in [2.75, 3.05) is 7.11 Å². The first-order chi connectivity index (χ1) is 8.91. The number of hydrogen-bond acceptors (Lipinski definition) is 4. The number of methoxy groups -OCH3 is 1. The molecule has 0 heterocycles. The lowest BCUT2D eigenvalue weighted by atomic mass is 10.2. The molecule has 1 aliphatic rings. The van der Waals surface area contributed by atoms with E-state index in [1.54, 1.807) is 6.07 Å². The Balaban J connectivity index is 2.22. The summed E-state index contributed by atoms with van der Waals surface area (Å²) in [5, 5.41) is 2.71. The van der Waals surface area contributed by atoms with Crippen molar-refractivity contribution in [2.45, 2.75) is 24.3 Å². The predicted octanol–water partition coefficient (Wildman–Crippen LogP) is 1.65. The highest BCUT2D eigenvalue weighted by Gasteiger charge is 2.29. The average Bonchev–Trinajstić information content (AvgIpc) is 3.18. The Morgan fingerprint density at radius 1 is 1.47 bits per heavy atom. The Hall–Kier alpha value is -1.27. The molecule has 0 aromatic heterocycles. The number of nitrogens with one attached hydrogen (secondary N) is 1. The van der Waals surface area contributed by atoms with Crippen molar-refractivity contribution in [1.82, 2.24) is 5.32 Å². The summed E-state index contributed by atoms with van der Waals surface area (Å²) in [6, 6.07) is 4.45. The zero-order chi connectivity index (χ0) is 14.0. The second kappa shape index (κ2) is 5.38. The molecule has 104 valence electrons. The van der Waals surface area contributed by atoms with Crippen molar-refractivity contribution >= 4 is 25.6 Å². The Labute approximate surface area is 116 Å². The maximum Gasteiger partial charge on any atom is 0.261 e. The molecule has 1 aliphatic carbocycles. The SMILES string of the molecule is COc1ccc(S(=O)(=O)Cl)c(CNC(=O)C2CC2)c1. The second-order valence-electron chi connectivity index (χ2n) is 4.40. The zero-order valence-corrected chi connectivity index (χ0v) is 11.9. The van der Waals surface area contributed by atoms with Crippen LogP contribution in [0.5, 0.6) is 5.75 Å². The Bertz CT molecular complexity index is 596. The minimum atomic E-state index is -3.85. The maximum absolute atomic E-state index is 11.6. The van der Waals surface area contributed by atoms with Crippen LogP contribution in [-0.4, -0.2) is 21.4 Å². The highest BCUT2D eigenvalue weighted by Crippen LogP contribution is 2.29. The Morgan fingerprint density at radius 2 is 2.16 bits per heavy atom. The molecule has 0 saturated heterocycles. The second-order valence-corrected chi connectivity index (χ2v) is 6.94. The first-order valence-corrected chi connectivity index (χ1v) is 8.12. The molecule has 7 heteroatoms. The van der Waals surface area contributed by atoms with Crippen LogP contribution in [0.3, 0.4) is 0 Å². The Kier molecular flexibility index (Phi) is 4.01. The van der Waals surface area contributed by atoms with E-state index in [2.05, 4.69) is 5.32 Å². The molecule has 0 aliphatic heterocycles. The zero-order valence-electron chi connectivity index (χ0n) is 10.3. The standard InChI is InChI=1S/C12H14ClNO4S/c1-18-10-4-5-11(19(13,16)17)9(6-10)7-14-12(15)8-2-3-8/h4-6,8H,2-3,7H2,1H3,(H,14,15). The molecule has 0 spiro atoms. The third-order valence-electron chi connectivity index (χ3n) is 2.93. The van der Waals surface area contributed by atoms with Gasteiger partial charge in [0.2, 0.25) is 5.91 Å². The van der Waals surface area contributed by atoms with E-state index in [1.807, 2.05) is 0 Å². The summed E-state index contributed by atoms with van der Waals surface area (Å²) in [6.07, 6.45) is 1.79. The number of rotatable bonds is 5. The van der Waals surface area contributed by atoms with Gasteiger partial charge in [-0.05, 0) is 36.6 Å². The lowest BCUT2D eigenvalue weighted by Crippen LogP contribution is -2.24. The molecule has 0 unspecified atom stereocenters. The van der Waals surface area contributed by atoms with Gasteiger partial charge in [0, 0.05) is 23.1 Å². The number of amides is 1. The fourth-order valence-corrected chi connectivity index (χ4v) is 2.86. The van der Waals surface area contributed by atoms with Crippen molar-refractivity contribution in [3.05, 3.63) is 23.8 Å². The van der Waals surface area contributed by atoms with E-state index < -0.39 is 9.05 Å². The lowest BCUT2D eigenvalue weighted by Gasteiger charge is -2.10. The molecular formula is C12H14ClNO4S. The smallest absolute Gasteiger partial charge is 0.261 e. The number of hydrogen-bond donors (Lipinski definition) is 1. The van der Waals surface area contributed by atoms with Gasteiger partial charge in [0.1, 0.15) is 5.75 Å². The number of carbonyl (C=O) groups excluding carboxylic acids is 1. The summed E-state index contributed by atoms with van der Waals surface area (Å²) in [4.78, 5) is 11.6. The van der Waals surface area contributed by atoms with Gasteiger partial charge in [0.25, 0.3) is 9.05 Å². The molecule has 5 nitrogen and oxygen atoms in total. The Morgan fingerprint density at radius 3 is 2.68 bits per heavy atom. The van der Waals surface area contributed by atoms with E-state index in [4.69, 9.17) is 15.4 Å². The first kappa shape index (κ1) is 14.1. The van der Waals surface area contributed by atoms with Crippen molar-refractivity contribution in [3.63, 3.8) is 0 Å². The van der Waals surface area contributed by atoms with E-state index in [0.29, 0.717) is 11.3 Å². The third-order valence-corrected chi connectivity index (χ3v) is 4.35. The van der Waals surface area contributed by atoms with E-state index in [1.165, 1.54) is 19.2 Å². The molecule has 2 rings (SSSR count). The van der Waals surface area contributed by atoms with Gasteiger partial charge in [0.05, 0.1) is 12.0 Å². The highest BCUT2D eigenvalue weighted by atomic mass is 35.7. The van der Waals surface area contributed by atoms with Gasteiger partial charge in [0.15, 0.2) is 0 Å². The van der Waals surface area contributed by atoms with E-state index in [9.17, 15) is 13.2 Å². The topological polar surface area (TPSA) is 72.5 Å². The summed E-state index contributed by atoms with van der Waals surface area (Å²) < 4.78 is 28.0. The van der Waals surface area contributed by atoms with Crippen molar-refractivity contribution in [3.8, 4) is 5.75 Å². The summed E-state index contributed by atoms with van der Waals surface area (Å²) in [5.41, 5.74) is 0.420. The predicted molar refractivity (Wildman–Crippen MR) is 70.6 cm³/mol. The van der Waals surface area contributed by atoms with Gasteiger partial charge in [-0.2, -0.15) is 0 Å². The largest absolute Gasteiger partial charge is 0.497 e. The molecule has 19 heavy (non-hydrogen) atoms. The van der Waals surface area contributed by atoms with Crippen LogP contribution < -0.4 is 10.1 Å². The molecule has 0 bridgehead atoms. The van der Waals surface area contributed by atoms with Gasteiger partial charge in [-0.25, -0.2) is 8.42 Å². The molecule has 1 aromatic carbocycles. The van der Waals surface area contributed by atoms with Gasteiger partial charge >= 0.3 is 0 Å². The van der Waals surface area contributed by atoms with E-state index in [-0.39, 0.29) is 23.3 Å². The molecule has 1 saturated carbocycles. The van der Waals surface area contributed by atoms with Gasteiger partial charge in [-0.3, -0.25) is 4.79 Å². The normalized spacial score (nSPS) is 15.1. The first-order valence-electron chi connectivity index (χ1n) is 5.81. The number of ether oxygens (including phenoxy) is 1. The molecule has 1 fully saturated rings. The third kappa shape index (κ3) is 3.61. The lowest BCUT2D eigenvalue weighted by molar-refractivity contribution is -0.122. The summed E-state index contributed by atoms with van der Waals surface area (Å²) in [6.45, 7) is 0.119. The van der Waals surface area contributed by atoms with Gasteiger partial charge in [-0.15, -0.1) is 0 Å². The number of benzene rings is 1. The monoisotopic (exact) mass is 303 g/mol. The van der Waals surface area contributed by atoms with Crippen molar-refractivity contribution in [2.24, 2.45) is 5.92 Å². The van der Waals surface area contributed by atoms with Crippen LogP contribution >= 0.6 is 10.7 Å². The summed E-state index contributed by atoms with van der Waals surface area (Å²) in [7, 11) is 3.01. The van der Waals surface area contributed by atoms with Crippen LogP contribution in [0.1, 0.15) is 18.4 Å². The average molecular weight is 304 g/mol. The highest BCUT2D eigenvalue weighted by molar-refractivity contribution is 8.13. The fraction of sp³-hybridized carbons (Fsp3) is 0.417. The summed E-state index contributed by atoms with van der Waals surface area (Å²) >= 11 is 0. The van der Waals surface area contributed by atoms with E-state index >= 15 is 0 Å². The molecule has 1 aromatic rings. The van der Waals surface area contributed by atoms with Crippen LogP contribution in [0.25, 0.3) is 0 Å². The van der Waals surface area contributed by atoms with Crippen molar-refractivity contribution < 1.29 is 17.9 Å². The number of carbonyl (C=O) groups is 1. The molecule has 1 N–H and O–H groups in total. The molecular weight excluding hydrogens is 290 g/mol. The van der Waals surface area contributed by atoms with Crippen LogP contribution in [0.2, 0.25) is 0 Å². The maximum atomic E-state index is 11.6.